The fourth-order valence-electron chi connectivity index (χ4n) is 2.74. The summed E-state index contributed by atoms with van der Waals surface area (Å²) >= 11 is 6.22. The zero-order valence-electron chi connectivity index (χ0n) is 10.9. The molecule has 0 amide bonds. The predicted octanol–water partition coefficient (Wildman–Crippen LogP) is 2.61. The van der Waals surface area contributed by atoms with E-state index in [2.05, 4.69) is 44.2 Å². The van der Waals surface area contributed by atoms with Crippen LogP contribution < -0.4 is 4.90 Å². The number of benzene rings is 1. The number of nitrogens with zero attached hydrogens (tertiary/aromatic N) is 5. The lowest BCUT2D eigenvalue weighted by Crippen LogP contribution is -2.20. The van der Waals surface area contributed by atoms with Gasteiger partial charge in [-0.15, -0.1) is 0 Å². The van der Waals surface area contributed by atoms with Gasteiger partial charge in [-0.25, -0.2) is 0 Å². The third-order valence-corrected chi connectivity index (χ3v) is 4.08. The lowest BCUT2D eigenvalue weighted by atomic mass is 10.1. The average molecular weight is 286 g/mol. The van der Waals surface area contributed by atoms with Crippen LogP contribution in [-0.4, -0.2) is 19.6 Å². The average Bonchev–Trinajstić information content (AvgIpc) is 3.05. The third kappa shape index (κ3) is 1.59. The minimum absolute atomic E-state index is 0.483. The molecule has 0 unspecified atom stereocenters. The van der Waals surface area contributed by atoms with E-state index >= 15 is 0 Å². The maximum Gasteiger partial charge on any atom is 0.255 e. The predicted molar refractivity (Wildman–Crippen MR) is 76.9 cm³/mol. The number of halogens is 1. The topological polar surface area (TPSA) is 46.3 Å². The van der Waals surface area contributed by atoms with E-state index in [1.165, 1.54) is 17.5 Å². The SMILES string of the molecule is Cc1c(Cl)nc2ncnn2c1N1Cc2ccccc2C1. The molecule has 0 aliphatic carbocycles. The molecule has 1 aliphatic rings. The second-order valence-electron chi connectivity index (χ2n) is 4.95. The van der Waals surface area contributed by atoms with Crippen molar-refractivity contribution < 1.29 is 0 Å². The Kier molecular flexibility index (Phi) is 2.44. The minimum Gasteiger partial charge on any atom is -0.347 e. The first kappa shape index (κ1) is 11.7. The molecule has 3 heterocycles. The quantitative estimate of drug-likeness (QED) is 0.645. The van der Waals surface area contributed by atoms with Gasteiger partial charge in [0.15, 0.2) is 0 Å². The van der Waals surface area contributed by atoms with E-state index in [-0.39, 0.29) is 0 Å². The smallest absolute Gasteiger partial charge is 0.255 e. The Bertz CT molecular complexity index is 785. The normalized spacial score (nSPS) is 14.0. The van der Waals surface area contributed by atoms with E-state index < -0.39 is 0 Å². The first-order chi connectivity index (χ1) is 9.74. The summed E-state index contributed by atoms with van der Waals surface area (Å²) in [7, 11) is 0. The van der Waals surface area contributed by atoms with Crippen LogP contribution in [0.4, 0.5) is 5.82 Å². The van der Waals surface area contributed by atoms with Gasteiger partial charge >= 0.3 is 0 Å². The molecule has 1 aliphatic heterocycles. The van der Waals surface area contributed by atoms with Gasteiger partial charge in [0.2, 0.25) is 0 Å². The van der Waals surface area contributed by atoms with Crippen LogP contribution in [0.5, 0.6) is 0 Å². The number of rotatable bonds is 1. The van der Waals surface area contributed by atoms with Crippen molar-refractivity contribution in [1.29, 1.82) is 0 Å². The number of aromatic nitrogens is 4. The van der Waals surface area contributed by atoms with Crippen LogP contribution in [-0.2, 0) is 13.1 Å². The van der Waals surface area contributed by atoms with Crippen molar-refractivity contribution in [3.63, 3.8) is 0 Å². The first-order valence-corrected chi connectivity index (χ1v) is 6.79. The maximum absolute atomic E-state index is 6.22. The van der Waals surface area contributed by atoms with Crippen molar-refractivity contribution in [3.8, 4) is 0 Å². The Hall–Kier alpha value is -2.14. The number of fused-ring (bicyclic) bond motifs is 2. The molecular weight excluding hydrogens is 274 g/mol. The second-order valence-corrected chi connectivity index (χ2v) is 5.31. The standard InChI is InChI=1S/C14H12ClN5/c1-9-12(15)18-14-16-8-17-20(14)13(9)19-6-10-4-2-3-5-11(10)7-19/h2-5,8H,6-7H2,1H3. The van der Waals surface area contributed by atoms with Crippen molar-refractivity contribution in [2.45, 2.75) is 20.0 Å². The van der Waals surface area contributed by atoms with E-state index in [1.54, 1.807) is 4.52 Å². The number of anilines is 1. The van der Waals surface area contributed by atoms with Crippen LogP contribution >= 0.6 is 11.6 Å². The van der Waals surface area contributed by atoms with Crippen LogP contribution in [0.3, 0.4) is 0 Å². The van der Waals surface area contributed by atoms with E-state index in [4.69, 9.17) is 11.6 Å². The number of hydrogen-bond donors (Lipinski definition) is 0. The zero-order chi connectivity index (χ0) is 13.7. The molecule has 6 heteroatoms. The van der Waals surface area contributed by atoms with Gasteiger partial charge in [-0.3, -0.25) is 0 Å². The summed E-state index contributed by atoms with van der Waals surface area (Å²) in [6, 6.07) is 8.46. The van der Waals surface area contributed by atoms with Crippen LogP contribution in [0.1, 0.15) is 16.7 Å². The summed E-state index contributed by atoms with van der Waals surface area (Å²) in [5, 5.41) is 4.75. The van der Waals surface area contributed by atoms with Crippen LogP contribution in [0.2, 0.25) is 5.15 Å². The second kappa shape index (κ2) is 4.18. The first-order valence-electron chi connectivity index (χ1n) is 6.41. The molecule has 0 N–H and O–H groups in total. The molecule has 100 valence electrons. The molecule has 0 saturated carbocycles. The highest BCUT2D eigenvalue weighted by molar-refractivity contribution is 6.30. The summed E-state index contributed by atoms with van der Waals surface area (Å²) in [5.74, 6) is 1.50. The molecule has 4 rings (SSSR count). The van der Waals surface area contributed by atoms with Gasteiger partial charge in [0.25, 0.3) is 5.78 Å². The molecule has 2 aromatic heterocycles. The molecule has 5 nitrogen and oxygen atoms in total. The summed E-state index contributed by atoms with van der Waals surface area (Å²) in [5.41, 5.74) is 3.61. The van der Waals surface area contributed by atoms with Gasteiger partial charge in [-0.2, -0.15) is 19.6 Å². The van der Waals surface area contributed by atoms with Crippen molar-refractivity contribution in [3.05, 3.63) is 52.4 Å². The van der Waals surface area contributed by atoms with Crippen LogP contribution in [0.15, 0.2) is 30.6 Å². The lowest BCUT2D eigenvalue weighted by molar-refractivity contribution is 0.795. The highest BCUT2D eigenvalue weighted by atomic mass is 35.5. The molecule has 1 aromatic carbocycles. The Morgan fingerprint density at radius 1 is 1.15 bits per heavy atom. The Balaban J connectivity index is 1.88. The lowest BCUT2D eigenvalue weighted by Gasteiger charge is -2.20. The fraction of sp³-hybridized carbons (Fsp3) is 0.214. The zero-order valence-corrected chi connectivity index (χ0v) is 11.7. The molecule has 20 heavy (non-hydrogen) atoms. The molecule has 3 aromatic rings. The summed E-state index contributed by atoms with van der Waals surface area (Å²) in [6.45, 7) is 3.67. The Morgan fingerprint density at radius 2 is 1.85 bits per heavy atom. The van der Waals surface area contributed by atoms with Crippen molar-refractivity contribution in [2.24, 2.45) is 0 Å². The Morgan fingerprint density at radius 3 is 2.55 bits per heavy atom. The fourth-order valence-corrected chi connectivity index (χ4v) is 2.90. The molecule has 0 saturated heterocycles. The van der Waals surface area contributed by atoms with Gasteiger partial charge in [0.05, 0.1) is 0 Å². The highest BCUT2D eigenvalue weighted by Gasteiger charge is 2.24. The van der Waals surface area contributed by atoms with Crippen LogP contribution in [0, 0.1) is 6.92 Å². The van der Waals surface area contributed by atoms with Gasteiger partial charge in [-0.05, 0) is 18.1 Å². The van der Waals surface area contributed by atoms with Crippen molar-refractivity contribution in [1.82, 2.24) is 19.6 Å². The van der Waals surface area contributed by atoms with E-state index in [1.807, 2.05) is 6.92 Å². The van der Waals surface area contributed by atoms with E-state index in [0.717, 1.165) is 24.5 Å². The summed E-state index contributed by atoms with van der Waals surface area (Å²) in [4.78, 5) is 10.6. The van der Waals surface area contributed by atoms with Crippen molar-refractivity contribution in [2.75, 3.05) is 4.90 Å². The third-order valence-electron chi connectivity index (χ3n) is 3.71. The number of hydrogen-bond acceptors (Lipinski definition) is 4. The molecule has 0 radical (unpaired) electrons. The van der Waals surface area contributed by atoms with Crippen molar-refractivity contribution >= 4 is 23.2 Å². The summed E-state index contributed by atoms with van der Waals surface area (Å²) < 4.78 is 1.76. The highest BCUT2D eigenvalue weighted by Crippen LogP contribution is 2.32. The summed E-state index contributed by atoms with van der Waals surface area (Å²) in [6.07, 6.45) is 1.50. The monoisotopic (exact) mass is 285 g/mol. The van der Waals surface area contributed by atoms with Gasteiger partial charge < -0.3 is 4.90 Å². The maximum atomic E-state index is 6.22. The largest absolute Gasteiger partial charge is 0.347 e. The molecule has 0 bridgehead atoms. The van der Waals surface area contributed by atoms with Gasteiger partial charge in [-0.1, -0.05) is 35.9 Å². The molecule has 0 atom stereocenters. The molecular formula is C14H12ClN5. The molecule has 0 fully saturated rings. The molecule has 0 spiro atoms. The van der Waals surface area contributed by atoms with E-state index in [9.17, 15) is 0 Å². The van der Waals surface area contributed by atoms with Gasteiger partial charge in [0, 0.05) is 18.7 Å². The van der Waals surface area contributed by atoms with Crippen LogP contribution in [0.25, 0.3) is 5.78 Å². The Labute approximate surface area is 120 Å². The van der Waals surface area contributed by atoms with E-state index in [0.29, 0.717) is 10.9 Å². The van der Waals surface area contributed by atoms with Gasteiger partial charge in [0.1, 0.15) is 17.3 Å². The minimum atomic E-state index is 0.483.